The maximum atomic E-state index is 5.32. The van der Waals surface area contributed by atoms with Crippen LogP contribution in [-0.2, 0) is 5.41 Å². The second-order valence-corrected chi connectivity index (χ2v) is 8.09. The van der Waals surface area contributed by atoms with Gasteiger partial charge in [-0.25, -0.2) is 5.10 Å². The summed E-state index contributed by atoms with van der Waals surface area (Å²) in [6.07, 6.45) is 1.77. The summed E-state index contributed by atoms with van der Waals surface area (Å²) in [4.78, 5) is 0. The second-order valence-electron chi connectivity index (χ2n) is 6.79. The number of hydrogen-bond acceptors (Lipinski definition) is 3. The fourth-order valence-electron chi connectivity index (χ4n) is 2.38. The van der Waals surface area contributed by atoms with E-state index in [2.05, 4.69) is 76.3 Å². The first-order valence-electron chi connectivity index (χ1n) is 7.93. The molecule has 0 aliphatic heterocycles. The van der Waals surface area contributed by atoms with E-state index in [9.17, 15) is 0 Å². The Morgan fingerprint density at radius 3 is 2.32 bits per heavy atom. The summed E-state index contributed by atoms with van der Waals surface area (Å²) >= 11 is 8.75. The smallest absolute Gasteiger partial charge is 0.216 e. The first kappa shape index (κ1) is 17.8. The molecule has 0 bridgehead atoms. The third kappa shape index (κ3) is 4.14. The van der Waals surface area contributed by atoms with Gasteiger partial charge in [-0.05, 0) is 40.9 Å². The summed E-state index contributed by atoms with van der Waals surface area (Å²) in [5, 5.41) is 11.6. The highest BCUT2D eigenvalue weighted by atomic mass is 79.9. The molecule has 0 fully saturated rings. The van der Waals surface area contributed by atoms with Crippen LogP contribution in [0.2, 0.25) is 0 Å². The average molecular weight is 415 g/mol. The predicted octanol–water partition coefficient (Wildman–Crippen LogP) is 5.55. The van der Waals surface area contributed by atoms with Crippen molar-refractivity contribution in [3.8, 4) is 11.4 Å². The molecule has 3 aromatic rings. The first-order valence-corrected chi connectivity index (χ1v) is 9.13. The lowest BCUT2D eigenvalue weighted by atomic mass is 9.87. The second kappa shape index (κ2) is 7.06. The summed E-state index contributed by atoms with van der Waals surface area (Å²) < 4.78 is 3.14. The summed E-state index contributed by atoms with van der Waals surface area (Å²) in [7, 11) is 0. The van der Waals surface area contributed by atoms with Crippen LogP contribution in [0, 0.1) is 4.77 Å². The Bertz CT molecular complexity index is 945. The molecule has 0 radical (unpaired) electrons. The van der Waals surface area contributed by atoms with Gasteiger partial charge in [-0.15, -0.1) is 0 Å². The summed E-state index contributed by atoms with van der Waals surface area (Å²) in [5.41, 5.74) is 3.34. The molecule has 0 amide bonds. The third-order valence-electron chi connectivity index (χ3n) is 3.85. The van der Waals surface area contributed by atoms with Crippen LogP contribution in [0.4, 0.5) is 0 Å². The average Bonchev–Trinajstić information content (AvgIpc) is 2.94. The van der Waals surface area contributed by atoms with Crippen molar-refractivity contribution in [3.05, 3.63) is 68.9 Å². The molecule has 128 valence electrons. The standard InChI is InChI=1S/C19H19BrN4S/c1-19(2,3)15-8-6-14(7-9-15)17-22-23-18(25)24(17)21-12-13-4-10-16(20)11-5-13/h4-12H,1-3H3,(H,23,25). The van der Waals surface area contributed by atoms with Gasteiger partial charge in [-0.1, -0.05) is 73.1 Å². The lowest BCUT2D eigenvalue weighted by molar-refractivity contribution is 0.590. The lowest BCUT2D eigenvalue weighted by Gasteiger charge is -2.18. The fraction of sp³-hybridized carbons (Fsp3) is 0.211. The Morgan fingerprint density at radius 2 is 1.72 bits per heavy atom. The Balaban J connectivity index is 1.94. The van der Waals surface area contributed by atoms with E-state index < -0.39 is 0 Å². The minimum absolute atomic E-state index is 0.114. The van der Waals surface area contributed by atoms with Crippen molar-refractivity contribution in [2.24, 2.45) is 5.10 Å². The summed E-state index contributed by atoms with van der Waals surface area (Å²) in [6, 6.07) is 16.3. The molecule has 0 saturated heterocycles. The van der Waals surface area contributed by atoms with Crippen LogP contribution in [0.5, 0.6) is 0 Å². The zero-order valence-electron chi connectivity index (χ0n) is 14.3. The quantitative estimate of drug-likeness (QED) is 0.450. The Hall–Kier alpha value is -2.05. The van der Waals surface area contributed by atoms with Crippen molar-refractivity contribution in [1.82, 2.24) is 14.9 Å². The predicted molar refractivity (Wildman–Crippen MR) is 109 cm³/mol. The summed E-state index contributed by atoms with van der Waals surface area (Å²) in [6.45, 7) is 6.59. The lowest BCUT2D eigenvalue weighted by Crippen LogP contribution is -2.10. The number of benzene rings is 2. The van der Waals surface area contributed by atoms with Crippen molar-refractivity contribution in [2.75, 3.05) is 0 Å². The van der Waals surface area contributed by atoms with Gasteiger partial charge in [-0.3, -0.25) is 0 Å². The molecule has 0 aliphatic rings. The van der Waals surface area contributed by atoms with E-state index in [1.54, 1.807) is 10.9 Å². The number of hydrogen-bond donors (Lipinski definition) is 1. The van der Waals surface area contributed by atoms with Crippen LogP contribution in [0.3, 0.4) is 0 Å². The van der Waals surface area contributed by atoms with E-state index in [1.165, 1.54) is 5.56 Å². The minimum atomic E-state index is 0.114. The Morgan fingerprint density at radius 1 is 1.08 bits per heavy atom. The van der Waals surface area contributed by atoms with Gasteiger partial charge in [0, 0.05) is 10.0 Å². The highest BCUT2D eigenvalue weighted by molar-refractivity contribution is 9.10. The van der Waals surface area contributed by atoms with Crippen molar-refractivity contribution in [2.45, 2.75) is 26.2 Å². The fourth-order valence-corrected chi connectivity index (χ4v) is 2.82. The molecule has 3 rings (SSSR count). The number of H-pyrrole nitrogens is 1. The maximum absolute atomic E-state index is 5.32. The van der Waals surface area contributed by atoms with E-state index in [0.717, 1.165) is 15.6 Å². The van der Waals surface area contributed by atoms with Crippen molar-refractivity contribution < 1.29 is 0 Å². The molecule has 0 unspecified atom stereocenters. The monoisotopic (exact) mass is 414 g/mol. The van der Waals surface area contributed by atoms with Gasteiger partial charge in [0.15, 0.2) is 5.82 Å². The molecule has 0 aliphatic carbocycles. The van der Waals surface area contributed by atoms with E-state index in [1.807, 2.05) is 24.3 Å². The molecule has 0 spiro atoms. The van der Waals surface area contributed by atoms with E-state index in [0.29, 0.717) is 10.6 Å². The zero-order valence-corrected chi connectivity index (χ0v) is 16.7. The zero-order chi connectivity index (χ0) is 18.0. The number of nitrogens with one attached hydrogen (secondary N) is 1. The molecule has 1 N–H and O–H groups in total. The first-order chi connectivity index (χ1) is 11.8. The normalized spacial score (nSPS) is 12.0. The molecule has 0 atom stereocenters. The van der Waals surface area contributed by atoms with Crippen LogP contribution in [0.25, 0.3) is 11.4 Å². The Kier molecular flexibility index (Phi) is 5.01. The van der Waals surface area contributed by atoms with Gasteiger partial charge >= 0.3 is 0 Å². The van der Waals surface area contributed by atoms with Gasteiger partial charge in [0.2, 0.25) is 4.77 Å². The van der Waals surface area contributed by atoms with Crippen LogP contribution in [0.15, 0.2) is 58.1 Å². The number of nitrogens with zero attached hydrogens (tertiary/aromatic N) is 3. The molecule has 25 heavy (non-hydrogen) atoms. The molecule has 4 nitrogen and oxygen atoms in total. The van der Waals surface area contributed by atoms with Crippen molar-refractivity contribution >= 4 is 34.4 Å². The molecule has 1 heterocycles. The highest BCUT2D eigenvalue weighted by Gasteiger charge is 2.14. The van der Waals surface area contributed by atoms with Gasteiger partial charge < -0.3 is 0 Å². The third-order valence-corrected chi connectivity index (χ3v) is 4.64. The maximum Gasteiger partial charge on any atom is 0.216 e. The van der Waals surface area contributed by atoms with E-state index in [4.69, 9.17) is 12.2 Å². The van der Waals surface area contributed by atoms with Crippen molar-refractivity contribution in [3.63, 3.8) is 0 Å². The van der Waals surface area contributed by atoms with Gasteiger partial charge in [0.05, 0.1) is 6.21 Å². The van der Waals surface area contributed by atoms with Crippen LogP contribution in [-0.4, -0.2) is 21.1 Å². The summed E-state index contributed by atoms with van der Waals surface area (Å²) in [5.74, 6) is 0.693. The van der Waals surface area contributed by atoms with Crippen LogP contribution < -0.4 is 0 Å². The number of aromatic nitrogens is 3. The highest BCUT2D eigenvalue weighted by Crippen LogP contribution is 2.25. The SMILES string of the molecule is CC(C)(C)c1ccc(-c2n[nH]c(=S)n2N=Cc2ccc(Br)cc2)cc1. The van der Waals surface area contributed by atoms with Gasteiger partial charge in [0.1, 0.15) is 0 Å². The molecule has 1 aromatic heterocycles. The van der Waals surface area contributed by atoms with Gasteiger partial charge in [0.25, 0.3) is 0 Å². The van der Waals surface area contributed by atoms with Crippen LogP contribution >= 0.6 is 28.1 Å². The van der Waals surface area contributed by atoms with E-state index >= 15 is 0 Å². The Labute approximate surface area is 160 Å². The largest absolute Gasteiger partial charge is 0.250 e. The molecular formula is C19H19BrN4S. The minimum Gasteiger partial charge on any atom is -0.250 e. The van der Waals surface area contributed by atoms with E-state index in [-0.39, 0.29) is 5.41 Å². The molecule has 2 aromatic carbocycles. The molecular weight excluding hydrogens is 396 g/mol. The van der Waals surface area contributed by atoms with Crippen molar-refractivity contribution in [1.29, 1.82) is 0 Å². The van der Waals surface area contributed by atoms with Gasteiger partial charge in [-0.2, -0.15) is 14.9 Å². The van der Waals surface area contributed by atoms with Crippen LogP contribution in [0.1, 0.15) is 31.9 Å². The number of aromatic amines is 1. The molecule has 0 saturated carbocycles. The number of halogens is 1. The molecule has 6 heteroatoms. The number of rotatable bonds is 3. The topological polar surface area (TPSA) is 46.0 Å².